The van der Waals surface area contributed by atoms with Crippen molar-refractivity contribution in [2.75, 3.05) is 6.54 Å². The van der Waals surface area contributed by atoms with Crippen LogP contribution in [0.1, 0.15) is 22.3 Å². The molecule has 214 valence electrons. The molecule has 0 saturated heterocycles. The Balaban J connectivity index is 0.000000248. The largest absolute Gasteiger partial charge is 0.485 e. The second-order valence-corrected chi connectivity index (χ2v) is 9.38. The van der Waals surface area contributed by atoms with Crippen molar-refractivity contribution < 1.29 is 19.4 Å². The fraction of sp³-hybridized carbons (Fsp3) is 0.182. The zero-order chi connectivity index (χ0) is 28.2. The minimum atomic E-state index is -0.972. The minimum absolute atomic E-state index is 0. The second kappa shape index (κ2) is 16.1. The SMILES string of the molecule is Cl.NCCc1ccc(OCc2ccccc2)c(OCc2ccccc2)c1.N[C@@H](Cc1c[nH]c2ccccc12)C(=O)O. The lowest BCUT2D eigenvalue weighted by molar-refractivity contribution is -0.138. The van der Waals surface area contributed by atoms with Crippen LogP contribution in [-0.2, 0) is 30.8 Å². The first kappa shape index (κ1) is 31.2. The van der Waals surface area contributed by atoms with Crippen molar-refractivity contribution in [1.29, 1.82) is 0 Å². The number of carbonyl (C=O) groups is 1. The van der Waals surface area contributed by atoms with E-state index in [1.54, 1.807) is 0 Å². The fourth-order valence-electron chi connectivity index (χ4n) is 4.20. The van der Waals surface area contributed by atoms with Gasteiger partial charge in [-0.3, -0.25) is 4.79 Å². The van der Waals surface area contributed by atoms with Crippen LogP contribution < -0.4 is 20.9 Å². The second-order valence-electron chi connectivity index (χ2n) is 9.38. The first-order valence-corrected chi connectivity index (χ1v) is 13.2. The number of rotatable bonds is 11. The van der Waals surface area contributed by atoms with Crippen LogP contribution in [0.5, 0.6) is 11.5 Å². The molecule has 0 aliphatic rings. The molecule has 0 aliphatic carbocycles. The van der Waals surface area contributed by atoms with Gasteiger partial charge in [0.2, 0.25) is 0 Å². The highest BCUT2D eigenvalue weighted by molar-refractivity contribution is 5.85. The molecule has 6 N–H and O–H groups in total. The van der Waals surface area contributed by atoms with Crippen LogP contribution in [-0.4, -0.2) is 28.6 Å². The number of hydrogen-bond acceptors (Lipinski definition) is 5. The van der Waals surface area contributed by atoms with Gasteiger partial charge in [-0.2, -0.15) is 0 Å². The molecule has 41 heavy (non-hydrogen) atoms. The number of nitrogens with one attached hydrogen (secondary N) is 1. The van der Waals surface area contributed by atoms with Crippen molar-refractivity contribution in [2.24, 2.45) is 11.5 Å². The number of para-hydroxylation sites is 1. The van der Waals surface area contributed by atoms with Crippen molar-refractivity contribution in [2.45, 2.75) is 32.1 Å². The number of carboxylic acid groups (broad SMARTS) is 1. The third-order valence-electron chi connectivity index (χ3n) is 6.35. The van der Waals surface area contributed by atoms with E-state index in [0.717, 1.165) is 51.1 Å². The molecule has 8 heteroatoms. The summed E-state index contributed by atoms with van der Waals surface area (Å²) < 4.78 is 12.0. The van der Waals surface area contributed by atoms with Gasteiger partial charge in [0.25, 0.3) is 0 Å². The van der Waals surface area contributed by atoms with E-state index >= 15 is 0 Å². The highest BCUT2D eigenvalue weighted by atomic mass is 35.5. The molecule has 1 aromatic heterocycles. The predicted octanol–water partition coefficient (Wildman–Crippen LogP) is 5.89. The highest BCUT2D eigenvalue weighted by Crippen LogP contribution is 2.30. The molecule has 0 aliphatic heterocycles. The molecule has 7 nitrogen and oxygen atoms in total. The molecule has 0 fully saturated rings. The summed E-state index contributed by atoms with van der Waals surface area (Å²) in [6.07, 6.45) is 2.98. The van der Waals surface area contributed by atoms with Crippen molar-refractivity contribution in [3.05, 3.63) is 132 Å². The van der Waals surface area contributed by atoms with Crippen LogP contribution in [0.2, 0.25) is 0 Å². The Kier molecular flexibility index (Phi) is 12.3. The maximum absolute atomic E-state index is 10.6. The van der Waals surface area contributed by atoms with Gasteiger partial charge in [-0.05, 0) is 53.4 Å². The number of hydrogen-bond donors (Lipinski definition) is 4. The molecule has 1 atom stereocenters. The van der Waals surface area contributed by atoms with Gasteiger partial charge in [0.15, 0.2) is 11.5 Å². The summed E-state index contributed by atoms with van der Waals surface area (Å²) in [6.45, 7) is 1.63. The number of fused-ring (bicyclic) bond motifs is 1. The Hall–Kier alpha value is -4.30. The predicted molar refractivity (Wildman–Crippen MR) is 166 cm³/mol. The van der Waals surface area contributed by atoms with E-state index in [0.29, 0.717) is 26.2 Å². The van der Waals surface area contributed by atoms with E-state index in [4.69, 9.17) is 26.0 Å². The molecule has 5 aromatic rings. The molecule has 0 amide bonds. The quantitative estimate of drug-likeness (QED) is 0.156. The normalized spacial score (nSPS) is 11.1. The summed E-state index contributed by atoms with van der Waals surface area (Å²) in [5, 5.41) is 9.75. The molecule has 0 spiro atoms. The molecular formula is C33H36ClN3O4. The standard InChI is InChI=1S/C22H23NO2.C11H12N2O2.ClH/c23-14-13-18-11-12-21(24-16-19-7-3-1-4-8-19)22(15-18)25-17-20-9-5-2-6-10-20;12-9(11(14)15)5-7-6-13-10-4-2-1-3-8(7)10;/h1-12,15H,13-14,16-17,23H2;1-4,6,9,13H,5,12H2,(H,14,15);1H/t;9-;/m.0./s1. The number of ether oxygens (including phenoxy) is 2. The number of aliphatic carboxylic acids is 1. The summed E-state index contributed by atoms with van der Waals surface area (Å²) in [5.41, 5.74) is 16.5. The van der Waals surface area contributed by atoms with E-state index in [9.17, 15) is 4.79 Å². The number of halogens is 1. The Labute approximate surface area is 246 Å². The number of nitrogens with two attached hydrogens (primary N) is 2. The van der Waals surface area contributed by atoms with E-state index in [1.165, 1.54) is 0 Å². The molecule has 4 aromatic carbocycles. The highest BCUT2D eigenvalue weighted by Gasteiger charge is 2.14. The van der Waals surface area contributed by atoms with Gasteiger partial charge in [-0.15, -0.1) is 12.4 Å². The third-order valence-corrected chi connectivity index (χ3v) is 6.35. The van der Waals surface area contributed by atoms with Gasteiger partial charge in [-0.25, -0.2) is 0 Å². The van der Waals surface area contributed by atoms with Crippen molar-refractivity contribution in [3.8, 4) is 11.5 Å². The smallest absolute Gasteiger partial charge is 0.320 e. The van der Waals surface area contributed by atoms with E-state index < -0.39 is 12.0 Å². The summed E-state index contributed by atoms with van der Waals surface area (Å²) in [7, 11) is 0. The Morgan fingerprint density at radius 1 is 0.780 bits per heavy atom. The molecule has 0 bridgehead atoms. The molecular weight excluding hydrogens is 538 g/mol. The van der Waals surface area contributed by atoms with Gasteiger partial charge in [-0.1, -0.05) is 84.9 Å². The number of carboxylic acids is 1. The topological polar surface area (TPSA) is 124 Å². The number of benzene rings is 4. The van der Waals surface area contributed by atoms with Gasteiger partial charge >= 0.3 is 5.97 Å². The van der Waals surface area contributed by atoms with Crippen LogP contribution in [0.15, 0.2) is 109 Å². The Morgan fingerprint density at radius 3 is 1.98 bits per heavy atom. The van der Waals surface area contributed by atoms with Crippen LogP contribution in [0.25, 0.3) is 10.9 Å². The zero-order valence-corrected chi connectivity index (χ0v) is 23.6. The lowest BCUT2D eigenvalue weighted by atomic mass is 10.1. The maximum atomic E-state index is 10.6. The molecule has 0 saturated carbocycles. The third kappa shape index (κ3) is 9.39. The van der Waals surface area contributed by atoms with Crippen molar-refractivity contribution >= 4 is 29.3 Å². The zero-order valence-electron chi connectivity index (χ0n) is 22.7. The number of aromatic amines is 1. The van der Waals surface area contributed by atoms with Crippen LogP contribution >= 0.6 is 12.4 Å². The first-order valence-electron chi connectivity index (χ1n) is 13.2. The van der Waals surface area contributed by atoms with E-state index in [2.05, 4.69) is 4.98 Å². The lowest BCUT2D eigenvalue weighted by Gasteiger charge is -2.14. The van der Waals surface area contributed by atoms with E-state index in [1.807, 2.05) is 109 Å². The monoisotopic (exact) mass is 573 g/mol. The summed E-state index contributed by atoms with van der Waals surface area (Å²) >= 11 is 0. The fourth-order valence-corrected chi connectivity index (χ4v) is 4.20. The van der Waals surface area contributed by atoms with Gasteiger partial charge in [0, 0.05) is 23.5 Å². The maximum Gasteiger partial charge on any atom is 0.320 e. The Morgan fingerprint density at radius 2 is 1.37 bits per heavy atom. The lowest BCUT2D eigenvalue weighted by Crippen LogP contribution is -2.32. The molecule has 5 rings (SSSR count). The minimum Gasteiger partial charge on any atom is -0.485 e. The van der Waals surface area contributed by atoms with Gasteiger partial charge in [0.05, 0.1) is 0 Å². The van der Waals surface area contributed by atoms with Crippen LogP contribution in [0.4, 0.5) is 0 Å². The molecule has 1 heterocycles. The van der Waals surface area contributed by atoms with Crippen LogP contribution in [0, 0.1) is 0 Å². The van der Waals surface area contributed by atoms with Gasteiger partial charge < -0.3 is 31.0 Å². The van der Waals surface area contributed by atoms with Crippen molar-refractivity contribution in [1.82, 2.24) is 4.98 Å². The van der Waals surface area contributed by atoms with Crippen molar-refractivity contribution in [3.63, 3.8) is 0 Å². The summed E-state index contributed by atoms with van der Waals surface area (Å²) in [6, 6.07) is 33.2. The summed E-state index contributed by atoms with van der Waals surface area (Å²) in [4.78, 5) is 13.7. The average Bonchev–Trinajstić information content (AvgIpc) is 3.39. The van der Waals surface area contributed by atoms with Gasteiger partial charge in [0.1, 0.15) is 19.3 Å². The molecule has 0 unspecified atom stereocenters. The number of H-pyrrole nitrogens is 1. The first-order chi connectivity index (χ1) is 19.5. The number of aromatic nitrogens is 1. The summed E-state index contributed by atoms with van der Waals surface area (Å²) in [5.74, 6) is 0.534. The molecule has 0 radical (unpaired) electrons. The van der Waals surface area contributed by atoms with E-state index in [-0.39, 0.29) is 12.4 Å². The van der Waals surface area contributed by atoms with Crippen LogP contribution in [0.3, 0.4) is 0 Å². The Bertz CT molecular complexity index is 1490. The average molecular weight is 574 g/mol.